The van der Waals surface area contributed by atoms with E-state index >= 15 is 0 Å². The number of thioether (sulfide) groups is 1. The second kappa shape index (κ2) is 10.2. The summed E-state index contributed by atoms with van der Waals surface area (Å²) >= 11 is 1.41. The second-order valence-corrected chi connectivity index (χ2v) is 8.58. The molecule has 3 aromatic carbocycles. The number of amides is 1. The van der Waals surface area contributed by atoms with Crippen LogP contribution in [0.25, 0.3) is 6.08 Å². The maximum Gasteiger partial charge on any atom is 0.269 e. The van der Waals surface area contributed by atoms with Crippen LogP contribution in [0.1, 0.15) is 23.6 Å². The number of aryl methyl sites for hydroxylation is 1. The fourth-order valence-corrected chi connectivity index (χ4v) is 4.32. The molecule has 4 rings (SSSR count). The molecule has 1 fully saturated rings. The highest BCUT2D eigenvalue weighted by atomic mass is 32.2. The largest absolute Gasteiger partial charge is 0.488 e. The van der Waals surface area contributed by atoms with Gasteiger partial charge in [-0.2, -0.15) is 0 Å². The van der Waals surface area contributed by atoms with E-state index in [4.69, 9.17) is 4.74 Å². The second-order valence-electron chi connectivity index (χ2n) is 7.43. The number of carbonyl (C=O) groups is 1. The fraction of sp³-hybridized carbons (Fsp3) is 0.160. The Hall–Kier alpha value is -3.78. The van der Waals surface area contributed by atoms with Gasteiger partial charge in [-0.25, -0.2) is 0 Å². The lowest BCUT2D eigenvalue weighted by Crippen LogP contribution is -2.30. The minimum absolute atomic E-state index is 0.0217. The van der Waals surface area contributed by atoms with Crippen LogP contribution in [0.2, 0.25) is 0 Å². The molecular weight excluding hydrogens is 438 g/mol. The van der Waals surface area contributed by atoms with E-state index in [9.17, 15) is 14.9 Å². The molecular formula is C25H23N3O4S. The third-order valence-electron chi connectivity index (χ3n) is 5.11. The molecule has 8 heteroatoms. The summed E-state index contributed by atoms with van der Waals surface area (Å²) in [7, 11) is 0. The van der Waals surface area contributed by atoms with E-state index in [0.717, 1.165) is 17.7 Å². The topological polar surface area (TPSA) is 93.5 Å². The highest BCUT2D eigenvalue weighted by molar-refractivity contribution is 8.05. The van der Waals surface area contributed by atoms with Gasteiger partial charge in [-0.1, -0.05) is 61.2 Å². The number of benzene rings is 3. The van der Waals surface area contributed by atoms with Gasteiger partial charge in [0.2, 0.25) is 0 Å². The molecule has 3 aromatic rings. The van der Waals surface area contributed by atoms with Gasteiger partial charge in [0.25, 0.3) is 11.6 Å². The maximum atomic E-state index is 12.5. The van der Waals surface area contributed by atoms with Gasteiger partial charge in [-0.3, -0.25) is 14.9 Å². The van der Waals surface area contributed by atoms with Crippen molar-refractivity contribution in [2.45, 2.75) is 25.4 Å². The maximum absolute atomic E-state index is 12.5. The van der Waals surface area contributed by atoms with Gasteiger partial charge in [0.15, 0.2) is 5.50 Å². The zero-order valence-electron chi connectivity index (χ0n) is 18.0. The highest BCUT2D eigenvalue weighted by Crippen LogP contribution is 2.32. The van der Waals surface area contributed by atoms with Gasteiger partial charge in [-0.15, -0.1) is 0 Å². The molecule has 1 saturated heterocycles. The fourth-order valence-electron chi connectivity index (χ4n) is 3.35. The summed E-state index contributed by atoms with van der Waals surface area (Å²) in [6.07, 6.45) is 2.77. The molecule has 0 aromatic heterocycles. The van der Waals surface area contributed by atoms with Crippen LogP contribution in [-0.4, -0.2) is 16.3 Å². The first-order valence-corrected chi connectivity index (χ1v) is 11.4. The third-order valence-corrected chi connectivity index (χ3v) is 6.14. The molecule has 1 aliphatic heterocycles. The smallest absolute Gasteiger partial charge is 0.269 e. The van der Waals surface area contributed by atoms with Crippen molar-refractivity contribution in [1.29, 1.82) is 0 Å². The van der Waals surface area contributed by atoms with Crippen molar-refractivity contribution in [1.82, 2.24) is 5.32 Å². The average molecular weight is 462 g/mol. The van der Waals surface area contributed by atoms with Gasteiger partial charge in [-0.05, 0) is 41.8 Å². The van der Waals surface area contributed by atoms with Gasteiger partial charge < -0.3 is 15.4 Å². The van der Waals surface area contributed by atoms with Crippen LogP contribution in [0.5, 0.6) is 5.75 Å². The molecule has 7 nitrogen and oxygen atoms in total. The molecule has 0 unspecified atom stereocenters. The van der Waals surface area contributed by atoms with E-state index in [1.807, 2.05) is 36.4 Å². The number of non-ortho nitro benzene ring substituents is 1. The number of carbonyl (C=O) groups excluding carboxylic acids is 1. The SMILES string of the molecule is CCc1ccc(N[C@H]2NC(=O)/C(=C/c3ccccc3OCc3cccc([N+](=O)[O-])c3)S2)cc1. The van der Waals surface area contributed by atoms with E-state index in [2.05, 4.69) is 29.7 Å². The van der Waals surface area contributed by atoms with Gasteiger partial charge in [0.05, 0.1) is 9.83 Å². The molecule has 0 bridgehead atoms. The lowest BCUT2D eigenvalue weighted by molar-refractivity contribution is -0.384. The van der Waals surface area contributed by atoms with Crippen molar-refractivity contribution < 1.29 is 14.5 Å². The van der Waals surface area contributed by atoms with Crippen LogP contribution >= 0.6 is 11.8 Å². The molecule has 2 N–H and O–H groups in total. The Morgan fingerprint density at radius 1 is 1.09 bits per heavy atom. The monoisotopic (exact) mass is 461 g/mol. The summed E-state index contributed by atoms with van der Waals surface area (Å²) in [6, 6.07) is 21.9. The van der Waals surface area contributed by atoms with Crippen molar-refractivity contribution in [2.75, 3.05) is 5.32 Å². The molecule has 0 radical (unpaired) electrons. The van der Waals surface area contributed by atoms with E-state index < -0.39 is 4.92 Å². The Bertz CT molecular complexity index is 1190. The van der Waals surface area contributed by atoms with Gasteiger partial charge >= 0.3 is 0 Å². The Kier molecular flexibility index (Phi) is 6.95. The van der Waals surface area contributed by atoms with Crippen molar-refractivity contribution >= 4 is 35.1 Å². The lowest BCUT2D eigenvalue weighted by atomic mass is 10.1. The first kappa shape index (κ1) is 22.4. The van der Waals surface area contributed by atoms with E-state index in [0.29, 0.717) is 16.2 Å². The Labute approximate surface area is 196 Å². The highest BCUT2D eigenvalue weighted by Gasteiger charge is 2.27. The first-order valence-electron chi connectivity index (χ1n) is 10.5. The molecule has 1 aliphatic rings. The molecule has 0 spiro atoms. The molecule has 168 valence electrons. The minimum Gasteiger partial charge on any atom is -0.488 e. The summed E-state index contributed by atoms with van der Waals surface area (Å²) in [5.74, 6) is 0.438. The van der Waals surface area contributed by atoms with E-state index in [1.165, 1.54) is 29.5 Å². The van der Waals surface area contributed by atoms with E-state index in [-0.39, 0.29) is 23.7 Å². The number of nitro groups is 1. The third kappa shape index (κ3) is 5.72. The first-order chi connectivity index (χ1) is 16.0. The predicted octanol–water partition coefficient (Wildman–Crippen LogP) is 5.34. The summed E-state index contributed by atoms with van der Waals surface area (Å²) < 4.78 is 5.92. The summed E-state index contributed by atoms with van der Waals surface area (Å²) in [6.45, 7) is 2.29. The number of ether oxygens (including phenoxy) is 1. The lowest BCUT2D eigenvalue weighted by Gasteiger charge is -2.13. The van der Waals surface area contributed by atoms with Crippen LogP contribution in [0, 0.1) is 10.1 Å². The van der Waals surface area contributed by atoms with Crippen LogP contribution < -0.4 is 15.4 Å². The summed E-state index contributed by atoms with van der Waals surface area (Å²) in [5.41, 5.74) is 3.40. The molecule has 1 heterocycles. The number of para-hydroxylation sites is 1. The van der Waals surface area contributed by atoms with Crippen molar-refractivity contribution in [2.24, 2.45) is 0 Å². The minimum atomic E-state index is -0.430. The van der Waals surface area contributed by atoms with Crippen LogP contribution in [-0.2, 0) is 17.8 Å². The number of anilines is 1. The Morgan fingerprint density at radius 3 is 2.64 bits per heavy atom. The zero-order chi connectivity index (χ0) is 23.2. The van der Waals surface area contributed by atoms with Crippen LogP contribution in [0.15, 0.2) is 77.7 Å². The number of hydrogen-bond donors (Lipinski definition) is 2. The summed E-state index contributed by atoms with van der Waals surface area (Å²) in [5, 5.41) is 17.2. The number of nitrogens with one attached hydrogen (secondary N) is 2. The molecule has 33 heavy (non-hydrogen) atoms. The molecule has 1 atom stereocenters. The van der Waals surface area contributed by atoms with Gasteiger partial charge in [0, 0.05) is 23.4 Å². The molecule has 0 aliphatic carbocycles. The van der Waals surface area contributed by atoms with E-state index in [1.54, 1.807) is 18.2 Å². The Morgan fingerprint density at radius 2 is 1.88 bits per heavy atom. The van der Waals surface area contributed by atoms with Gasteiger partial charge in [0.1, 0.15) is 12.4 Å². The average Bonchev–Trinajstić information content (AvgIpc) is 3.17. The van der Waals surface area contributed by atoms with Crippen LogP contribution in [0.4, 0.5) is 11.4 Å². The van der Waals surface area contributed by atoms with Crippen molar-refractivity contribution in [3.8, 4) is 5.75 Å². The number of hydrogen-bond acceptors (Lipinski definition) is 6. The zero-order valence-corrected chi connectivity index (χ0v) is 18.8. The number of rotatable bonds is 8. The normalized spacial score (nSPS) is 16.5. The molecule has 0 saturated carbocycles. The summed E-state index contributed by atoms with van der Waals surface area (Å²) in [4.78, 5) is 23.7. The van der Waals surface area contributed by atoms with Crippen molar-refractivity contribution in [3.05, 3.63) is 105 Å². The molecule has 1 amide bonds. The predicted molar refractivity (Wildman–Crippen MR) is 131 cm³/mol. The Balaban J connectivity index is 1.45. The standard InChI is InChI=1S/C25H23N3O4S/c1-2-17-10-12-20(13-11-17)26-25-27-24(29)23(33-25)15-19-7-3-4-9-22(19)32-16-18-6-5-8-21(14-18)28(30)31/h3-15,25-26H,2,16H2,1H3,(H,27,29)/b23-15-/t25-/m0/s1. The van der Waals surface area contributed by atoms with Crippen molar-refractivity contribution in [3.63, 3.8) is 0 Å². The quantitative estimate of drug-likeness (QED) is 0.267. The number of nitro benzene ring substituents is 1. The van der Waals surface area contributed by atoms with Crippen LogP contribution in [0.3, 0.4) is 0 Å². The number of nitrogens with zero attached hydrogens (tertiary/aromatic N) is 1.